The van der Waals surface area contributed by atoms with E-state index in [-0.39, 0.29) is 0 Å². The summed E-state index contributed by atoms with van der Waals surface area (Å²) in [5.41, 5.74) is 1.21. The summed E-state index contributed by atoms with van der Waals surface area (Å²) >= 11 is 0. The highest BCUT2D eigenvalue weighted by Gasteiger charge is 2.22. The van der Waals surface area contributed by atoms with Crippen LogP contribution in [0.4, 0.5) is 5.69 Å². The predicted octanol–water partition coefficient (Wildman–Crippen LogP) is 1.84. The molecule has 1 aromatic rings. The molecule has 0 saturated carbocycles. The molecular formula is C13H20N2O. The smallest absolute Gasteiger partial charge is 0.142 e. The molecule has 1 atom stereocenters. The SMILES string of the molecule is COc1ccccc1N1CCN(C)C(C)C1. The highest BCUT2D eigenvalue weighted by molar-refractivity contribution is 5.58. The number of hydrogen-bond donors (Lipinski definition) is 0. The zero-order chi connectivity index (χ0) is 11.5. The summed E-state index contributed by atoms with van der Waals surface area (Å²) < 4.78 is 5.41. The highest BCUT2D eigenvalue weighted by atomic mass is 16.5. The normalized spacial score (nSPS) is 22.2. The Morgan fingerprint density at radius 1 is 1.25 bits per heavy atom. The zero-order valence-corrected chi connectivity index (χ0v) is 10.3. The maximum Gasteiger partial charge on any atom is 0.142 e. The van der Waals surface area contributed by atoms with Crippen LogP contribution in [-0.2, 0) is 0 Å². The van der Waals surface area contributed by atoms with Crippen LogP contribution in [-0.4, -0.2) is 44.7 Å². The summed E-state index contributed by atoms with van der Waals surface area (Å²) in [4.78, 5) is 4.80. The van der Waals surface area contributed by atoms with Gasteiger partial charge in [0.05, 0.1) is 12.8 Å². The van der Waals surface area contributed by atoms with Crippen LogP contribution in [0.3, 0.4) is 0 Å². The van der Waals surface area contributed by atoms with E-state index in [1.807, 2.05) is 12.1 Å². The number of anilines is 1. The molecule has 0 bridgehead atoms. The lowest BCUT2D eigenvalue weighted by molar-refractivity contribution is 0.233. The molecule has 1 heterocycles. The summed E-state index contributed by atoms with van der Waals surface area (Å²) in [5, 5.41) is 0. The van der Waals surface area contributed by atoms with Crippen molar-refractivity contribution in [3.8, 4) is 5.75 Å². The van der Waals surface area contributed by atoms with Crippen molar-refractivity contribution in [2.45, 2.75) is 13.0 Å². The molecule has 0 amide bonds. The van der Waals surface area contributed by atoms with Crippen LogP contribution in [0.1, 0.15) is 6.92 Å². The van der Waals surface area contributed by atoms with E-state index in [0.717, 1.165) is 25.4 Å². The molecule has 2 rings (SSSR count). The molecule has 1 fully saturated rings. The lowest BCUT2D eigenvalue weighted by Crippen LogP contribution is -2.50. The fourth-order valence-corrected chi connectivity index (χ4v) is 2.16. The third-order valence-electron chi connectivity index (χ3n) is 3.39. The molecule has 1 aliphatic rings. The van der Waals surface area contributed by atoms with Gasteiger partial charge in [0, 0.05) is 25.7 Å². The number of benzene rings is 1. The van der Waals surface area contributed by atoms with Gasteiger partial charge in [-0.3, -0.25) is 0 Å². The van der Waals surface area contributed by atoms with E-state index in [9.17, 15) is 0 Å². The van der Waals surface area contributed by atoms with Crippen molar-refractivity contribution in [2.75, 3.05) is 38.7 Å². The molecular weight excluding hydrogens is 200 g/mol. The Morgan fingerprint density at radius 3 is 2.69 bits per heavy atom. The minimum Gasteiger partial charge on any atom is -0.495 e. The summed E-state index contributed by atoms with van der Waals surface area (Å²) in [7, 11) is 3.92. The second-order valence-corrected chi connectivity index (χ2v) is 4.45. The number of nitrogens with zero attached hydrogens (tertiary/aromatic N) is 2. The van der Waals surface area contributed by atoms with Crippen molar-refractivity contribution in [3.05, 3.63) is 24.3 Å². The maximum absolute atomic E-state index is 5.41. The van der Waals surface area contributed by atoms with Crippen molar-refractivity contribution < 1.29 is 4.74 Å². The van der Waals surface area contributed by atoms with Gasteiger partial charge in [0.15, 0.2) is 0 Å². The number of rotatable bonds is 2. The lowest BCUT2D eigenvalue weighted by atomic mass is 10.1. The third kappa shape index (κ3) is 2.14. The maximum atomic E-state index is 5.41. The first-order valence-corrected chi connectivity index (χ1v) is 5.80. The largest absolute Gasteiger partial charge is 0.495 e. The minimum atomic E-state index is 0.596. The fourth-order valence-electron chi connectivity index (χ4n) is 2.16. The van der Waals surface area contributed by atoms with E-state index >= 15 is 0 Å². The Kier molecular flexibility index (Phi) is 3.34. The van der Waals surface area contributed by atoms with Crippen LogP contribution in [0.5, 0.6) is 5.75 Å². The number of ether oxygens (including phenoxy) is 1. The van der Waals surface area contributed by atoms with Gasteiger partial charge in [-0.25, -0.2) is 0 Å². The quantitative estimate of drug-likeness (QED) is 0.756. The molecule has 0 spiro atoms. The van der Waals surface area contributed by atoms with Gasteiger partial charge < -0.3 is 14.5 Å². The average Bonchev–Trinajstić information content (AvgIpc) is 2.32. The number of hydrogen-bond acceptors (Lipinski definition) is 3. The standard InChI is InChI=1S/C13H20N2O/c1-11-10-15(9-8-14(11)2)12-6-4-5-7-13(12)16-3/h4-7,11H,8-10H2,1-3H3. The van der Waals surface area contributed by atoms with Crippen molar-refractivity contribution in [1.29, 1.82) is 0 Å². The molecule has 1 unspecified atom stereocenters. The number of para-hydroxylation sites is 2. The minimum absolute atomic E-state index is 0.596. The van der Waals surface area contributed by atoms with Gasteiger partial charge in [0.25, 0.3) is 0 Å². The van der Waals surface area contributed by atoms with E-state index in [1.165, 1.54) is 5.69 Å². The molecule has 1 saturated heterocycles. The number of methoxy groups -OCH3 is 1. The first-order chi connectivity index (χ1) is 7.72. The molecule has 3 nitrogen and oxygen atoms in total. The van der Waals surface area contributed by atoms with E-state index in [2.05, 4.69) is 35.9 Å². The van der Waals surface area contributed by atoms with Crippen LogP contribution in [0, 0.1) is 0 Å². The van der Waals surface area contributed by atoms with Crippen LogP contribution in [0.25, 0.3) is 0 Å². The van der Waals surface area contributed by atoms with Crippen LogP contribution in [0.2, 0.25) is 0 Å². The number of likely N-dealkylation sites (N-methyl/N-ethyl adjacent to an activating group) is 1. The number of piperazine rings is 1. The Balaban J connectivity index is 2.18. The summed E-state index contributed by atoms with van der Waals surface area (Å²) in [6.07, 6.45) is 0. The second-order valence-electron chi connectivity index (χ2n) is 4.45. The van der Waals surface area contributed by atoms with Gasteiger partial charge in [-0.2, -0.15) is 0 Å². The van der Waals surface area contributed by atoms with Crippen molar-refractivity contribution in [3.63, 3.8) is 0 Å². The average molecular weight is 220 g/mol. The topological polar surface area (TPSA) is 15.7 Å². The molecule has 0 aliphatic carbocycles. The van der Waals surface area contributed by atoms with E-state index in [4.69, 9.17) is 4.74 Å². The van der Waals surface area contributed by atoms with E-state index in [1.54, 1.807) is 7.11 Å². The molecule has 3 heteroatoms. The Bertz CT molecular complexity index is 354. The van der Waals surface area contributed by atoms with Crippen LogP contribution < -0.4 is 9.64 Å². The molecule has 1 aromatic carbocycles. The van der Waals surface area contributed by atoms with Gasteiger partial charge in [-0.05, 0) is 26.1 Å². The summed E-state index contributed by atoms with van der Waals surface area (Å²) in [5.74, 6) is 0.972. The Hall–Kier alpha value is -1.22. The lowest BCUT2D eigenvalue weighted by Gasteiger charge is -2.39. The van der Waals surface area contributed by atoms with Gasteiger partial charge in [-0.1, -0.05) is 12.1 Å². The van der Waals surface area contributed by atoms with Gasteiger partial charge in [0.1, 0.15) is 5.75 Å². The monoisotopic (exact) mass is 220 g/mol. The summed E-state index contributed by atoms with van der Waals surface area (Å²) in [6, 6.07) is 8.84. The molecule has 88 valence electrons. The van der Waals surface area contributed by atoms with Gasteiger partial charge >= 0.3 is 0 Å². The zero-order valence-electron chi connectivity index (χ0n) is 10.3. The van der Waals surface area contributed by atoms with E-state index in [0.29, 0.717) is 6.04 Å². The molecule has 0 aromatic heterocycles. The van der Waals surface area contributed by atoms with Crippen LogP contribution in [0.15, 0.2) is 24.3 Å². The first kappa shape index (κ1) is 11.3. The Morgan fingerprint density at radius 2 is 2.00 bits per heavy atom. The summed E-state index contributed by atoms with van der Waals surface area (Å²) in [6.45, 7) is 5.51. The predicted molar refractivity (Wildman–Crippen MR) is 67.3 cm³/mol. The molecule has 0 N–H and O–H groups in total. The molecule has 0 radical (unpaired) electrons. The highest BCUT2D eigenvalue weighted by Crippen LogP contribution is 2.28. The first-order valence-electron chi connectivity index (χ1n) is 5.80. The van der Waals surface area contributed by atoms with E-state index < -0.39 is 0 Å². The third-order valence-corrected chi connectivity index (χ3v) is 3.39. The van der Waals surface area contributed by atoms with Gasteiger partial charge in [-0.15, -0.1) is 0 Å². The second kappa shape index (κ2) is 4.74. The van der Waals surface area contributed by atoms with Crippen molar-refractivity contribution in [1.82, 2.24) is 4.90 Å². The van der Waals surface area contributed by atoms with Crippen molar-refractivity contribution >= 4 is 5.69 Å². The molecule has 16 heavy (non-hydrogen) atoms. The van der Waals surface area contributed by atoms with Gasteiger partial charge in [0.2, 0.25) is 0 Å². The molecule has 1 aliphatic heterocycles. The van der Waals surface area contributed by atoms with Crippen molar-refractivity contribution in [2.24, 2.45) is 0 Å². The van der Waals surface area contributed by atoms with Crippen LogP contribution >= 0.6 is 0 Å². The fraction of sp³-hybridized carbons (Fsp3) is 0.538. The Labute approximate surface area is 97.6 Å².